The molecule has 0 atom stereocenters. The number of hydrogen-bond acceptors (Lipinski definition) is 3. The van der Waals surface area contributed by atoms with Crippen LogP contribution in [0.1, 0.15) is 22.4 Å². The molecule has 2 heterocycles. The minimum atomic E-state index is -0.364. The van der Waals surface area contributed by atoms with Gasteiger partial charge in [-0.3, -0.25) is 9.36 Å². The van der Waals surface area contributed by atoms with E-state index in [0.717, 1.165) is 16.9 Å². The van der Waals surface area contributed by atoms with Crippen molar-refractivity contribution < 1.29 is 4.39 Å². The second-order valence-corrected chi connectivity index (χ2v) is 8.31. The van der Waals surface area contributed by atoms with Gasteiger partial charge in [-0.15, -0.1) is 0 Å². The number of halogens is 2. The number of aryl methyl sites for hydroxylation is 2. The van der Waals surface area contributed by atoms with Gasteiger partial charge >= 0.3 is 0 Å². The molecule has 2 aromatic carbocycles. The molecule has 4 rings (SSSR count). The summed E-state index contributed by atoms with van der Waals surface area (Å²) in [4.78, 5) is 0. The van der Waals surface area contributed by atoms with Crippen LogP contribution in [-0.2, 0) is 13.1 Å². The van der Waals surface area contributed by atoms with E-state index >= 15 is 0 Å². The average Bonchev–Trinajstić information content (AvgIpc) is 3.31. The van der Waals surface area contributed by atoms with Crippen molar-refractivity contribution in [3.05, 3.63) is 94.1 Å². The van der Waals surface area contributed by atoms with E-state index in [9.17, 15) is 4.39 Å². The lowest BCUT2D eigenvalue weighted by Crippen LogP contribution is -2.19. The van der Waals surface area contributed by atoms with Crippen LogP contribution in [0.15, 0.2) is 60.9 Å². The lowest BCUT2D eigenvalue weighted by Gasteiger charge is -2.08. The molecular formula is C23H22ClFN6S. The van der Waals surface area contributed by atoms with E-state index in [2.05, 4.69) is 39.9 Å². The summed E-state index contributed by atoms with van der Waals surface area (Å²) in [5, 5.41) is 15.9. The van der Waals surface area contributed by atoms with Crippen molar-refractivity contribution in [3.63, 3.8) is 0 Å². The van der Waals surface area contributed by atoms with Crippen LogP contribution in [0.4, 0.5) is 15.9 Å². The third kappa shape index (κ3) is 5.33. The fourth-order valence-corrected chi connectivity index (χ4v) is 3.75. The van der Waals surface area contributed by atoms with Gasteiger partial charge < -0.3 is 10.6 Å². The molecule has 6 nitrogen and oxygen atoms in total. The van der Waals surface area contributed by atoms with Crippen LogP contribution in [0, 0.1) is 19.7 Å². The summed E-state index contributed by atoms with van der Waals surface area (Å²) in [6.07, 6.45) is 3.63. The first-order chi connectivity index (χ1) is 15.4. The summed E-state index contributed by atoms with van der Waals surface area (Å²) in [5.74, 6) is 0.238. The Morgan fingerprint density at radius 1 is 1.06 bits per heavy atom. The van der Waals surface area contributed by atoms with Gasteiger partial charge in [0, 0.05) is 23.0 Å². The first-order valence-corrected chi connectivity index (χ1v) is 10.8. The van der Waals surface area contributed by atoms with Gasteiger partial charge in [-0.2, -0.15) is 10.2 Å². The van der Waals surface area contributed by atoms with Crippen LogP contribution in [0.25, 0.3) is 0 Å². The number of nitrogens with one attached hydrogen (secondary N) is 2. The van der Waals surface area contributed by atoms with Gasteiger partial charge in [0.15, 0.2) is 10.9 Å². The van der Waals surface area contributed by atoms with Crippen LogP contribution in [0.3, 0.4) is 0 Å². The normalized spacial score (nSPS) is 10.9. The van der Waals surface area contributed by atoms with E-state index in [1.807, 2.05) is 36.0 Å². The molecule has 0 aliphatic rings. The summed E-state index contributed by atoms with van der Waals surface area (Å²) in [6.45, 7) is 5.13. The minimum absolute atomic E-state index is 0.364. The first-order valence-electron chi connectivity index (χ1n) is 10.0. The SMILES string of the molecule is Cc1ccccc1Cn1cc(NC(=S)Nc2cc(C)n(Cc3ccc(F)cc3Cl)n2)cn1. The summed E-state index contributed by atoms with van der Waals surface area (Å²) < 4.78 is 16.9. The van der Waals surface area contributed by atoms with Crippen molar-refractivity contribution >= 4 is 40.4 Å². The molecule has 0 radical (unpaired) electrons. The third-order valence-electron chi connectivity index (χ3n) is 5.04. The smallest absolute Gasteiger partial charge is 0.176 e. The maximum Gasteiger partial charge on any atom is 0.176 e. The topological polar surface area (TPSA) is 59.7 Å². The summed E-state index contributed by atoms with van der Waals surface area (Å²) >= 11 is 11.6. The van der Waals surface area contributed by atoms with Crippen molar-refractivity contribution in [2.75, 3.05) is 10.6 Å². The largest absolute Gasteiger partial charge is 0.330 e. The molecule has 2 aromatic heterocycles. The van der Waals surface area contributed by atoms with Gasteiger partial charge in [0.1, 0.15) is 5.82 Å². The molecule has 0 spiro atoms. The maximum atomic E-state index is 13.3. The highest BCUT2D eigenvalue weighted by Crippen LogP contribution is 2.20. The molecule has 164 valence electrons. The quantitative estimate of drug-likeness (QED) is 0.371. The van der Waals surface area contributed by atoms with Gasteiger partial charge in [-0.05, 0) is 54.9 Å². The molecule has 4 aromatic rings. The van der Waals surface area contributed by atoms with Crippen molar-refractivity contribution in [1.29, 1.82) is 0 Å². The van der Waals surface area contributed by atoms with Gasteiger partial charge in [0.25, 0.3) is 0 Å². The van der Waals surface area contributed by atoms with Gasteiger partial charge in [0.05, 0.1) is 25.0 Å². The molecule has 2 N–H and O–H groups in total. The summed E-state index contributed by atoms with van der Waals surface area (Å²) in [7, 11) is 0. The Bertz CT molecular complexity index is 1270. The fraction of sp³-hybridized carbons (Fsp3) is 0.174. The molecule has 0 saturated heterocycles. The zero-order valence-electron chi connectivity index (χ0n) is 17.6. The fourth-order valence-electron chi connectivity index (χ4n) is 3.30. The lowest BCUT2D eigenvalue weighted by atomic mass is 10.1. The van der Waals surface area contributed by atoms with Gasteiger partial charge in [-0.25, -0.2) is 4.39 Å². The van der Waals surface area contributed by atoms with Crippen molar-refractivity contribution in [3.8, 4) is 0 Å². The number of nitrogens with zero attached hydrogens (tertiary/aromatic N) is 4. The Labute approximate surface area is 196 Å². The van der Waals surface area contributed by atoms with Crippen LogP contribution in [0.2, 0.25) is 5.02 Å². The lowest BCUT2D eigenvalue weighted by molar-refractivity contribution is 0.623. The number of thiocarbonyl (C=S) groups is 1. The minimum Gasteiger partial charge on any atom is -0.330 e. The van der Waals surface area contributed by atoms with Crippen LogP contribution < -0.4 is 10.6 Å². The predicted molar refractivity (Wildman–Crippen MR) is 130 cm³/mol. The van der Waals surface area contributed by atoms with E-state index in [1.54, 1.807) is 16.9 Å². The van der Waals surface area contributed by atoms with E-state index in [0.29, 0.717) is 29.0 Å². The Balaban J connectivity index is 1.37. The van der Waals surface area contributed by atoms with Crippen molar-refractivity contribution in [2.24, 2.45) is 0 Å². The van der Waals surface area contributed by atoms with Crippen molar-refractivity contribution in [2.45, 2.75) is 26.9 Å². The summed E-state index contributed by atoms with van der Waals surface area (Å²) in [5.41, 5.74) is 4.92. The Kier molecular flexibility index (Phi) is 6.53. The van der Waals surface area contributed by atoms with Crippen molar-refractivity contribution in [1.82, 2.24) is 19.6 Å². The Morgan fingerprint density at radius 3 is 2.66 bits per heavy atom. The standard InChI is InChI=1S/C23H22ClFN6S/c1-15-5-3-4-6-17(15)12-30-14-20(11-26-30)27-23(32)28-22-9-16(2)31(29-22)13-18-7-8-19(25)10-21(18)24/h3-11,14H,12-13H2,1-2H3,(H2,27,28,29,32). The molecule has 0 aliphatic carbocycles. The molecule has 0 bridgehead atoms. The number of hydrogen-bond donors (Lipinski definition) is 2. The highest BCUT2D eigenvalue weighted by atomic mass is 35.5. The molecular weight excluding hydrogens is 447 g/mol. The number of anilines is 2. The number of rotatable bonds is 6. The predicted octanol–water partition coefficient (Wildman–Crippen LogP) is 5.39. The molecule has 0 unspecified atom stereocenters. The van der Waals surface area contributed by atoms with Crippen LogP contribution in [0.5, 0.6) is 0 Å². The highest BCUT2D eigenvalue weighted by molar-refractivity contribution is 7.80. The molecule has 9 heteroatoms. The zero-order valence-corrected chi connectivity index (χ0v) is 19.2. The van der Waals surface area contributed by atoms with Crippen LogP contribution in [-0.4, -0.2) is 24.7 Å². The molecule has 0 fully saturated rings. The Hall–Kier alpha value is -3.23. The number of aromatic nitrogens is 4. The van der Waals surface area contributed by atoms with Crippen LogP contribution >= 0.6 is 23.8 Å². The molecule has 0 saturated carbocycles. The molecule has 0 aliphatic heterocycles. The average molecular weight is 469 g/mol. The molecule has 0 amide bonds. The summed E-state index contributed by atoms with van der Waals surface area (Å²) in [6, 6.07) is 14.5. The Morgan fingerprint density at radius 2 is 1.88 bits per heavy atom. The first kappa shape index (κ1) is 22.0. The van der Waals surface area contributed by atoms with E-state index < -0.39 is 0 Å². The van der Waals surface area contributed by atoms with E-state index in [4.69, 9.17) is 23.8 Å². The second kappa shape index (κ2) is 9.50. The maximum absolute atomic E-state index is 13.3. The second-order valence-electron chi connectivity index (χ2n) is 7.50. The molecule has 32 heavy (non-hydrogen) atoms. The van der Waals surface area contributed by atoms with E-state index in [-0.39, 0.29) is 5.82 Å². The zero-order chi connectivity index (χ0) is 22.7. The van der Waals surface area contributed by atoms with E-state index in [1.165, 1.54) is 23.3 Å². The van der Waals surface area contributed by atoms with Gasteiger partial charge in [0.2, 0.25) is 0 Å². The number of benzene rings is 2. The highest BCUT2D eigenvalue weighted by Gasteiger charge is 2.10. The monoisotopic (exact) mass is 468 g/mol. The van der Waals surface area contributed by atoms with Gasteiger partial charge in [-0.1, -0.05) is 41.9 Å². The third-order valence-corrected chi connectivity index (χ3v) is 5.60.